The van der Waals surface area contributed by atoms with Gasteiger partial charge in [0.05, 0.1) is 0 Å². The van der Waals surface area contributed by atoms with Crippen LogP contribution in [-0.4, -0.2) is 106 Å². The summed E-state index contributed by atoms with van der Waals surface area (Å²) < 4.78 is 61.4. The minimum absolute atomic E-state index is 0.101. The van der Waals surface area contributed by atoms with E-state index < -0.39 is 47.9 Å². The van der Waals surface area contributed by atoms with Crippen molar-refractivity contribution in [2.45, 2.75) is 102 Å². The minimum atomic E-state index is -4.81. The molecular formula is C47H58F4N8O6. The summed E-state index contributed by atoms with van der Waals surface area (Å²) in [5.74, 6) is -12.4. The first kappa shape index (κ1) is 48.6. The van der Waals surface area contributed by atoms with E-state index >= 15 is 0 Å². The van der Waals surface area contributed by atoms with Crippen LogP contribution in [0.2, 0.25) is 0 Å². The Kier molecular flexibility index (Phi) is 15.3. The predicted octanol–water partition coefficient (Wildman–Crippen LogP) is 6.99. The minimum Gasteiger partial charge on any atom is -0.444 e. The number of carbonyl (C=O) groups excluding carboxylic acids is 4. The van der Waals surface area contributed by atoms with Gasteiger partial charge < -0.3 is 36.0 Å². The van der Waals surface area contributed by atoms with Crippen molar-refractivity contribution in [3.63, 3.8) is 0 Å². The number of H-pyrrole nitrogens is 1. The highest BCUT2D eigenvalue weighted by atomic mass is 19.3. The molecule has 1 aliphatic carbocycles. The van der Waals surface area contributed by atoms with Crippen LogP contribution in [-0.2, 0) is 26.7 Å². The number of anilines is 1. The van der Waals surface area contributed by atoms with Crippen molar-refractivity contribution in [2.24, 2.45) is 11.8 Å². The zero-order valence-electron chi connectivity index (χ0n) is 37.3. The molecule has 4 amide bonds. The molecule has 3 aromatic carbocycles. The number of nitrogens with one attached hydrogen (secondary N) is 5. The standard InChI is InChI=1S/C47H58F4N8O6/c1-28-24-34(41(62)53-36-20-22-59(5)23-21-36)16-19-37(28)31-10-6-29(7-11-31)25-38(55-40(61)33-12-8-30(9-13-33)26-52-44(64)65-45(2,3)4)42(63)54-35-17-14-32(15-18-35)39-56-43(58-57-39)47(50,51)46(48,49)27-60/h6-7,10-11,14-19,24,30,33,36,38,60H,8-9,12-13,20-23,25-27H2,1-5H3,(H,52,64)(H,53,62)(H,54,63)(H,55,61)(H,56,57,58). The van der Waals surface area contributed by atoms with Gasteiger partial charge in [-0.15, -0.1) is 0 Å². The molecule has 2 fully saturated rings. The molecule has 1 atom stereocenters. The predicted molar refractivity (Wildman–Crippen MR) is 236 cm³/mol. The molecule has 0 radical (unpaired) electrons. The molecule has 6 rings (SSSR count). The topological polar surface area (TPSA) is 191 Å². The first-order valence-electron chi connectivity index (χ1n) is 21.9. The SMILES string of the molecule is Cc1cc(C(=O)NC2CCN(C)CC2)ccc1-c1ccc(CC(NC(=O)C2CCC(CNC(=O)OC(C)(C)C)CC2)C(=O)Nc2ccc(-c3n[nH]c(C(F)(F)C(F)(F)CO)n3)cc2)cc1. The summed E-state index contributed by atoms with van der Waals surface area (Å²) >= 11 is 0. The molecule has 1 saturated carbocycles. The first-order chi connectivity index (χ1) is 30.7. The zero-order chi connectivity index (χ0) is 47.1. The van der Waals surface area contributed by atoms with Gasteiger partial charge in [0.1, 0.15) is 18.2 Å². The van der Waals surface area contributed by atoms with Crippen LogP contribution in [0.1, 0.15) is 86.6 Å². The maximum Gasteiger partial charge on any atom is 0.407 e. The average molecular weight is 907 g/mol. The number of carbonyl (C=O) groups is 4. The summed E-state index contributed by atoms with van der Waals surface area (Å²) in [4.78, 5) is 58.8. The third kappa shape index (κ3) is 12.7. The van der Waals surface area contributed by atoms with Crippen LogP contribution < -0.4 is 21.3 Å². The van der Waals surface area contributed by atoms with Crippen LogP contribution in [0.4, 0.5) is 28.0 Å². The van der Waals surface area contributed by atoms with Crippen molar-refractivity contribution < 1.29 is 46.6 Å². The molecule has 65 heavy (non-hydrogen) atoms. The van der Waals surface area contributed by atoms with Crippen molar-refractivity contribution in [1.82, 2.24) is 36.0 Å². The lowest BCUT2D eigenvalue weighted by Gasteiger charge is -2.29. The Bertz CT molecular complexity index is 2280. The number of aromatic amines is 1. The average Bonchev–Trinajstić information content (AvgIpc) is 3.78. The molecule has 2 aliphatic rings. The molecule has 2 heterocycles. The smallest absolute Gasteiger partial charge is 0.407 e. The number of aryl methyl sites for hydroxylation is 1. The number of benzene rings is 3. The fraction of sp³-hybridized carbons (Fsp3) is 0.489. The van der Waals surface area contributed by atoms with Gasteiger partial charge in [0.25, 0.3) is 5.91 Å². The quantitative estimate of drug-likeness (QED) is 0.0684. The first-order valence-corrected chi connectivity index (χ1v) is 21.9. The fourth-order valence-corrected chi connectivity index (χ4v) is 8.01. The van der Waals surface area contributed by atoms with E-state index in [4.69, 9.17) is 9.84 Å². The van der Waals surface area contributed by atoms with Crippen LogP contribution in [0.25, 0.3) is 22.5 Å². The normalized spacial score (nSPS) is 18.1. The molecule has 350 valence electrons. The second-order valence-corrected chi connectivity index (χ2v) is 18.2. The second kappa shape index (κ2) is 20.5. The van der Waals surface area contributed by atoms with Crippen molar-refractivity contribution in [1.29, 1.82) is 0 Å². The summed E-state index contributed by atoms with van der Waals surface area (Å²) in [7, 11) is 2.07. The number of aliphatic hydroxyl groups is 1. The number of halogens is 4. The molecule has 1 saturated heterocycles. The largest absolute Gasteiger partial charge is 0.444 e. The number of alkyl carbamates (subject to hydrolysis) is 1. The van der Waals surface area contributed by atoms with E-state index in [2.05, 4.69) is 43.3 Å². The number of amides is 4. The Morgan fingerprint density at radius 3 is 2.15 bits per heavy atom. The van der Waals surface area contributed by atoms with Gasteiger partial charge in [-0.25, -0.2) is 9.78 Å². The van der Waals surface area contributed by atoms with Gasteiger partial charge in [0, 0.05) is 41.7 Å². The third-order valence-electron chi connectivity index (χ3n) is 11.9. The van der Waals surface area contributed by atoms with Crippen molar-refractivity contribution in [3.8, 4) is 22.5 Å². The van der Waals surface area contributed by atoms with Gasteiger partial charge in [0.2, 0.25) is 17.6 Å². The Balaban J connectivity index is 1.13. The molecule has 1 aromatic heterocycles. The van der Waals surface area contributed by atoms with Gasteiger partial charge in [-0.2, -0.15) is 22.7 Å². The Labute approximate surface area is 375 Å². The van der Waals surface area contributed by atoms with Gasteiger partial charge in [-0.05, 0) is 151 Å². The number of hydrogen-bond acceptors (Lipinski definition) is 9. The van der Waals surface area contributed by atoms with E-state index in [0.29, 0.717) is 37.8 Å². The monoisotopic (exact) mass is 906 g/mol. The van der Waals surface area contributed by atoms with Crippen LogP contribution >= 0.6 is 0 Å². The van der Waals surface area contributed by atoms with E-state index in [9.17, 15) is 36.7 Å². The molecule has 6 N–H and O–H groups in total. The summed E-state index contributed by atoms with van der Waals surface area (Å²) in [6.07, 6.45) is 3.94. The molecule has 18 heteroatoms. The lowest BCUT2D eigenvalue weighted by Crippen LogP contribution is -2.48. The highest BCUT2D eigenvalue weighted by Gasteiger charge is 2.59. The Hall–Kier alpha value is -5.88. The number of likely N-dealkylation sites (tertiary alicyclic amines) is 1. The van der Waals surface area contributed by atoms with Gasteiger partial charge in [-0.3, -0.25) is 19.5 Å². The maximum absolute atomic E-state index is 14.3. The second-order valence-electron chi connectivity index (χ2n) is 18.2. The summed E-state index contributed by atoms with van der Waals surface area (Å²) in [6, 6.07) is 18.1. The number of piperidine rings is 1. The summed E-state index contributed by atoms with van der Waals surface area (Å²) in [5.41, 5.74) is 3.96. The number of alkyl halides is 4. The summed E-state index contributed by atoms with van der Waals surface area (Å²) in [5, 5.41) is 26.0. The van der Waals surface area contributed by atoms with Gasteiger partial charge in [-0.1, -0.05) is 30.3 Å². The molecular weight excluding hydrogens is 849 g/mol. The fourth-order valence-electron chi connectivity index (χ4n) is 8.01. The van der Waals surface area contributed by atoms with Crippen LogP contribution in [0, 0.1) is 18.8 Å². The number of aromatic nitrogens is 3. The van der Waals surface area contributed by atoms with Crippen molar-refractivity contribution in [3.05, 3.63) is 89.2 Å². The third-order valence-corrected chi connectivity index (χ3v) is 11.9. The van der Waals surface area contributed by atoms with E-state index in [1.807, 2.05) is 54.5 Å². The molecule has 0 bridgehead atoms. The summed E-state index contributed by atoms with van der Waals surface area (Å²) in [6.45, 7) is 7.52. The maximum atomic E-state index is 14.3. The number of nitrogens with zero attached hydrogens (tertiary/aromatic N) is 3. The van der Waals surface area contributed by atoms with E-state index in [0.717, 1.165) is 48.2 Å². The van der Waals surface area contributed by atoms with E-state index in [-0.39, 0.29) is 53.2 Å². The molecule has 0 spiro atoms. The molecule has 4 aromatic rings. The highest BCUT2D eigenvalue weighted by molar-refractivity contribution is 5.98. The van der Waals surface area contributed by atoms with Gasteiger partial charge in [0.15, 0.2) is 5.82 Å². The Morgan fingerprint density at radius 1 is 0.892 bits per heavy atom. The van der Waals surface area contributed by atoms with Gasteiger partial charge >= 0.3 is 17.9 Å². The number of aliphatic hydroxyl groups excluding tert-OH is 1. The van der Waals surface area contributed by atoms with E-state index in [1.165, 1.54) is 24.3 Å². The number of ether oxygens (including phenoxy) is 1. The molecule has 1 unspecified atom stereocenters. The van der Waals surface area contributed by atoms with Crippen LogP contribution in [0.5, 0.6) is 0 Å². The van der Waals surface area contributed by atoms with Crippen molar-refractivity contribution >= 4 is 29.5 Å². The lowest BCUT2D eigenvalue weighted by atomic mass is 9.81. The molecule has 1 aliphatic heterocycles. The number of hydrogen-bond donors (Lipinski definition) is 6. The van der Waals surface area contributed by atoms with Crippen molar-refractivity contribution in [2.75, 3.05) is 38.6 Å². The van der Waals surface area contributed by atoms with Crippen LogP contribution in [0.15, 0.2) is 66.7 Å². The zero-order valence-corrected chi connectivity index (χ0v) is 37.3. The number of rotatable bonds is 15. The van der Waals surface area contributed by atoms with E-state index in [1.54, 1.807) is 20.8 Å². The lowest BCUT2D eigenvalue weighted by molar-refractivity contribution is -0.236. The highest BCUT2D eigenvalue weighted by Crippen LogP contribution is 2.41. The molecule has 14 nitrogen and oxygen atoms in total. The van der Waals surface area contributed by atoms with Crippen LogP contribution in [0.3, 0.4) is 0 Å². The Morgan fingerprint density at radius 2 is 1.54 bits per heavy atom.